The molecule has 6 heteroatoms. The Kier molecular flexibility index (Phi) is 3.88. The molecule has 1 amide bonds. The van der Waals surface area contributed by atoms with Gasteiger partial charge in [-0.25, -0.2) is 0 Å². The van der Waals surface area contributed by atoms with Crippen LogP contribution in [-0.2, 0) is 4.79 Å². The summed E-state index contributed by atoms with van der Waals surface area (Å²) in [5, 5.41) is 2.29. The second-order valence-electron chi connectivity index (χ2n) is 2.97. The molecule has 0 atom stereocenters. The third kappa shape index (κ3) is 3.57. The quantitative estimate of drug-likeness (QED) is 0.816. The Balaban J connectivity index is 2.90. The second-order valence-corrected chi connectivity index (χ2v) is 4.62. The molecule has 1 rings (SSSR count). The van der Waals surface area contributed by atoms with Gasteiger partial charge in [-0.15, -0.1) is 0 Å². The van der Waals surface area contributed by atoms with Crippen LogP contribution in [0.4, 0.5) is 14.5 Å². The molecule has 0 spiro atoms. The maximum Gasteiger partial charge on any atom is 0.322 e. The number of benzene rings is 1. The zero-order chi connectivity index (χ0) is 11.6. The Bertz CT molecular complexity index is 392. The van der Waals surface area contributed by atoms with Crippen molar-refractivity contribution in [1.29, 1.82) is 0 Å². The molecule has 82 valence electrons. The summed E-state index contributed by atoms with van der Waals surface area (Å²) in [5.74, 6) is -4.78. The van der Waals surface area contributed by atoms with Gasteiger partial charge in [-0.05, 0) is 40.8 Å². The van der Waals surface area contributed by atoms with Gasteiger partial charge < -0.3 is 5.32 Å². The molecular weight excluding hydrogens is 338 g/mol. The van der Waals surface area contributed by atoms with Gasteiger partial charge in [0, 0.05) is 10.5 Å². The zero-order valence-electron chi connectivity index (χ0n) is 7.65. The van der Waals surface area contributed by atoms with Crippen LogP contribution in [0.3, 0.4) is 0 Å². The maximum absolute atomic E-state index is 12.6. The van der Waals surface area contributed by atoms with Gasteiger partial charge in [-0.3, -0.25) is 4.79 Å². The number of carbonyl (C=O) groups excluding carboxylic acids is 1. The summed E-state index contributed by atoms with van der Waals surface area (Å²) in [5.41, 5.74) is 0.190. The van der Waals surface area contributed by atoms with Crippen molar-refractivity contribution >= 4 is 45.8 Å². The van der Waals surface area contributed by atoms with Crippen molar-refractivity contribution in [2.24, 2.45) is 0 Å². The van der Waals surface area contributed by atoms with Crippen molar-refractivity contribution in [2.75, 3.05) is 5.32 Å². The molecule has 0 aromatic heterocycles. The number of nitrogens with one attached hydrogen (secondary N) is 1. The summed E-state index contributed by atoms with van der Waals surface area (Å²) < 4.78 is 26.0. The normalized spacial score (nSPS) is 11.3. The van der Waals surface area contributed by atoms with E-state index in [0.717, 1.165) is 3.57 Å². The minimum Gasteiger partial charge on any atom is -0.319 e. The number of halogens is 4. The standard InChI is InChI=1S/C9H7ClF2INO/c1-9(11,12)8(15)14-7-4-5(13)2-3-6(7)10/h2-4H,1H3,(H,14,15). The maximum atomic E-state index is 12.6. The second kappa shape index (κ2) is 4.61. The lowest BCUT2D eigenvalue weighted by Crippen LogP contribution is -2.31. The fourth-order valence-corrected chi connectivity index (χ4v) is 1.48. The van der Waals surface area contributed by atoms with E-state index in [2.05, 4.69) is 5.32 Å². The first kappa shape index (κ1) is 12.6. The molecule has 0 unspecified atom stereocenters. The van der Waals surface area contributed by atoms with Gasteiger partial charge in [0.15, 0.2) is 0 Å². The summed E-state index contributed by atoms with van der Waals surface area (Å²) in [6.45, 7) is 0.532. The molecule has 0 aliphatic carbocycles. The summed E-state index contributed by atoms with van der Waals surface area (Å²) in [7, 11) is 0. The fraction of sp³-hybridized carbons (Fsp3) is 0.222. The summed E-state index contributed by atoms with van der Waals surface area (Å²) in [4.78, 5) is 11.0. The predicted molar refractivity (Wildman–Crippen MR) is 63.4 cm³/mol. The highest BCUT2D eigenvalue weighted by Gasteiger charge is 2.32. The number of alkyl halides is 2. The van der Waals surface area contributed by atoms with Crippen LogP contribution in [0.15, 0.2) is 18.2 Å². The number of hydrogen-bond donors (Lipinski definition) is 1. The highest BCUT2D eigenvalue weighted by Crippen LogP contribution is 2.25. The molecule has 0 fully saturated rings. The lowest BCUT2D eigenvalue weighted by Gasteiger charge is -2.12. The van der Waals surface area contributed by atoms with Crippen molar-refractivity contribution in [3.05, 3.63) is 26.8 Å². The molecule has 2 nitrogen and oxygen atoms in total. The SMILES string of the molecule is CC(F)(F)C(=O)Nc1cc(I)ccc1Cl. The lowest BCUT2D eigenvalue weighted by molar-refractivity contribution is -0.137. The van der Waals surface area contributed by atoms with Crippen molar-refractivity contribution in [3.8, 4) is 0 Å². The molecule has 1 aromatic rings. The zero-order valence-corrected chi connectivity index (χ0v) is 10.6. The van der Waals surface area contributed by atoms with Crippen LogP contribution >= 0.6 is 34.2 Å². The molecule has 0 aliphatic heterocycles. The van der Waals surface area contributed by atoms with Gasteiger partial charge in [0.25, 0.3) is 5.91 Å². The topological polar surface area (TPSA) is 29.1 Å². The average molecular weight is 346 g/mol. The first-order chi connectivity index (χ1) is 6.80. The first-order valence-corrected chi connectivity index (χ1v) is 5.40. The van der Waals surface area contributed by atoms with E-state index in [4.69, 9.17) is 11.6 Å². The highest BCUT2D eigenvalue weighted by atomic mass is 127. The van der Waals surface area contributed by atoms with Crippen molar-refractivity contribution < 1.29 is 13.6 Å². The molecule has 0 radical (unpaired) electrons. The van der Waals surface area contributed by atoms with Gasteiger partial charge in [0.1, 0.15) is 0 Å². The van der Waals surface area contributed by atoms with Crippen LogP contribution < -0.4 is 5.32 Å². The van der Waals surface area contributed by atoms with Crippen LogP contribution in [0.2, 0.25) is 5.02 Å². The molecular formula is C9H7ClF2INO. The van der Waals surface area contributed by atoms with Crippen LogP contribution in [0.5, 0.6) is 0 Å². The van der Waals surface area contributed by atoms with E-state index in [1.54, 1.807) is 6.07 Å². The third-order valence-electron chi connectivity index (χ3n) is 1.58. The predicted octanol–water partition coefficient (Wildman–Crippen LogP) is 3.54. The van der Waals surface area contributed by atoms with Crippen LogP contribution in [0.25, 0.3) is 0 Å². The Morgan fingerprint density at radius 2 is 2.13 bits per heavy atom. The molecule has 0 bridgehead atoms. The Morgan fingerprint density at radius 1 is 1.53 bits per heavy atom. The molecule has 0 saturated carbocycles. The van der Waals surface area contributed by atoms with E-state index in [9.17, 15) is 13.6 Å². The average Bonchev–Trinajstić information content (AvgIpc) is 2.09. The minimum absolute atomic E-state index is 0.190. The largest absolute Gasteiger partial charge is 0.322 e. The van der Waals surface area contributed by atoms with Crippen LogP contribution in [-0.4, -0.2) is 11.8 Å². The van der Waals surface area contributed by atoms with E-state index < -0.39 is 11.8 Å². The number of amides is 1. The summed E-state index contributed by atoms with van der Waals surface area (Å²) in [6, 6.07) is 4.77. The third-order valence-corrected chi connectivity index (χ3v) is 2.58. The Labute approximate surface area is 104 Å². The molecule has 0 saturated heterocycles. The summed E-state index contributed by atoms with van der Waals surface area (Å²) >= 11 is 7.72. The van der Waals surface area contributed by atoms with Crippen LogP contribution in [0, 0.1) is 3.57 Å². The van der Waals surface area contributed by atoms with Gasteiger partial charge >= 0.3 is 5.92 Å². The fourth-order valence-electron chi connectivity index (χ4n) is 0.825. The van der Waals surface area contributed by atoms with Crippen molar-refractivity contribution in [1.82, 2.24) is 0 Å². The van der Waals surface area contributed by atoms with Gasteiger partial charge in [-0.1, -0.05) is 11.6 Å². The van der Waals surface area contributed by atoms with Crippen LogP contribution in [0.1, 0.15) is 6.92 Å². The van der Waals surface area contributed by atoms with E-state index >= 15 is 0 Å². The van der Waals surface area contributed by atoms with Gasteiger partial charge in [0.05, 0.1) is 10.7 Å². The van der Waals surface area contributed by atoms with E-state index in [1.165, 1.54) is 12.1 Å². The lowest BCUT2D eigenvalue weighted by atomic mass is 10.3. The smallest absolute Gasteiger partial charge is 0.319 e. The van der Waals surface area contributed by atoms with E-state index in [0.29, 0.717) is 6.92 Å². The van der Waals surface area contributed by atoms with Crippen molar-refractivity contribution in [3.63, 3.8) is 0 Å². The van der Waals surface area contributed by atoms with Gasteiger partial charge in [0.2, 0.25) is 0 Å². The Hall–Kier alpha value is -0.430. The van der Waals surface area contributed by atoms with Crippen molar-refractivity contribution in [2.45, 2.75) is 12.8 Å². The molecule has 0 heterocycles. The minimum atomic E-state index is -3.41. The number of rotatable bonds is 2. The van der Waals surface area contributed by atoms with Gasteiger partial charge in [-0.2, -0.15) is 8.78 Å². The molecule has 1 aromatic carbocycles. The molecule has 15 heavy (non-hydrogen) atoms. The molecule has 1 N–H and O–H groups in total. The number of hydrogen-bond acceptors (Lipinski definition) is 1. The van der Waals surface area contributed by atoms with E-state index in [-0.39, 0.29) is 10.7 Å². The number of anilines is 1. The molecule has 0 aliphatic rings. The monoisotopic (exact) mass is 345 g/mol. The Morgan fingerprint density at radius 3 is 2.67 bits per heavy atom. The first-order valence-electron chi connectivity index (χ1n) is 3.95. The van der Waals surface area contributed by atoms with E-state index in [1.807, 2.05) is 22.6 Å². The number of carbonyl (C=O) groups is 1. The highest BCUT2D eigenvalue weighted by molar-refractivity contribution is 14.1. The summed E-state index contributed by atoms with van der Waals surface area (Å²) in [6.07, 6.45) is 0.